The van der Waals surface area contributed by atoms with E-state index in [9.17, 15) is 18.0 Å². The first-order chi connectivity index (χ1) is 11.2. The van der Waals surface area contributed by atoms with Gasteiger partial charge >= 0.3 is 6.18 Å². The summed E-state index contributed by atoms with van der Waals surface area (Å²) in [5, 5.41) is 2.88. The molecule has 2 rings (SSSR count). The van der Waals surface area contributed by atoms with Gasteiger partial charge in [0.15, 0.2) is 0 Å². The standard InChI is InChI=1S/C19H22F3NO/c1-18(2,15-6-4-3-5-7-15)17(24)23-13-12-14-8-10-16(11-9-14)19(20,21)22/h4,6-11H,3,5,12-13H2,1-2H3,(H,23,24). The monoisotopic (exact) mass is 337 g/mol. The molecule has 0 bridgehead atoms. The van der Waals surface area contributed by atoms with Gasteiger partial charge in [-0.1, -0.05) is 30.4 Å². The molecule has 0 aliphatic heterocycles. The van der Waals surface area contributed by atoms with Crippen LogP contribution in [0.5, 0.6) is 0 Å². The fourth-order valence-electron chi connectivity index (χ4n) is 2.61. The summed E-state index contributed by atoms with van der Waals surface area (Å²) in [6.07, 6.45) is 4.23. The summed E-state index contributed by atoms with van der Waals surface area (Å²) in [4.78, 5) is 12.4. The predicted molar refractivity (Wildman–Crippen MR) is 88.4 cm³/mol. The second kappa shape index (κ2) is 7.24. The summed E-state index contributed by atoms with van der Waals surface area (Å²) in [7, 11) is 0. The first kappa shape index (κ1) is 18.3. The van der Waals surface area contributed by atoms with Gasteiger partial charge in [-0.05, 0) is 56.4 Å². The molecule has 5 heteroatoms. The minimum absolute atomic E-state index is 0.0767. The maximum absolute atomic E-state index is 12.5. The SMILES string of the molecule is CC(C)(C(=O)NCCc1ccc(C(F)(F)F)cc1)C1=CCCC=C1. The van der Waals surface area contributed by atoms with Crippen LogP contribution in [-0.4, -0.2) is 12.5 Å². The van der Waals surface area contributed by atoms with Crippen LogP contribution in [-0.2, 0) is 17.4 Å². The molecule has 0 unspecified atom stereocenters. The van der Waals surface area contributed by atoms with E-state index in [-0.39, 0.29) is 5.91 Å². The predicted octanol–water partition coefficient (Wildman–Crippen LogP) is 4.67. The lowest BCUT2D eigenvalue weighted by atomic mass is 9.80. The Morgan fingerprint density at radius 1 is 1.12 bits per heavy atom. The lowest BCUT2D eigenvalue weighted by molar-refractivity contribution is -0.137. The van der Waals surface area contributed by atoms with E-state index in [1.54, 1.807) is 0 Å². The van der Waals surface area contributed by atoms with Crippen LogP contribution in [0.4, 0.5) is 13.2 Å². The van der Waals surface area contributed by atoms with Crippen molar-refractivity contribution >= 4 is 5.91 Å². The van der Waals surface area contributed by atoms with Gasteiger partial charge in [-0.25, -0.2) is 0 Å². The summed E-state index contributed by atoms with van der Waals surface area (Å²) in [5.41, 5.74) is 0.489. The molecule has 1 N–H and O–H groups in total. The van der Waals surface area contributed by atoms with Crippen LogP contribution in [0.15, 0.2) is 48.1 Å². The molecule has 0 aromatic heterocycles. The van der Waals surface area contributed by atoms with Crippen molar-refractivity contribution in [3.63, 3.8) is 0 Å². The van der Waals surface area contributed by atoms with Gasteiger partial charge in [-0.2, -0.15) is 13.2 Å². The fourth-order valence-corrected chi connectivity index (χ4v) is 2.61. The fraction of sp³-hybridized carbons (Fsp3) is 0.421. The quantitative estimate of drug-likeness (QED) is 0.831. The molecule has 0 radical (unpaired) electrons. The number of hydrogen-bond donors (Lipinski definition) is 1. The Balaban J connectivity index is 1.88. The molecule has 1 aliphatic rings. The maximum atomic E-state index is 12.5. The lowest BCUT2D eigenvalue weighted by Crippen LogP contribution is -2.39. The molecule has 1 aromatic rings. The van der Waals surface area contributed by atoms with Crippen molar-refractivity contribution in [1.82, 2.24) is 5.32 Å². The first-order valence-electron chi connectivity index (χ1n) is 8.03. The van der Waals surface area contributed by atoms with E-state index in [1.165, 1.54) is 12.1 Å². The molecular formula is C19H22F3NO. The zero-order chi connectivity index (χ0) is 17.8. The Bertz CT molecular complexity index is 640. The highest BCUT2D eigenvalue weighted by Crippen LogP contribution is 2.31. The average Bonchev–Trinajstić information content (AvgIpc) is 2.55. The van der Waals surface area contributed by atoms with Crippen molar-refractivity contribution in [2.75, 3.05) is 6.54 Å². The molecule has 130 valence electrons. The number of carbonyl (C=O) groups excluding carboxylic acids is 1. The Hall–Kier alpha value is -2.04. The average molecular weight is 337 g/mol. The number of carbonyl (C=O) groups is 1. The van der Waals surface area contributed by atoms with Crippen molar-refractivity contribution in [2.45, 2.75) is 39.3 Å². The smallest absolute Gasteiger partial charge is 0.355 e. The summed E-state index contributed by atoms with van der Waals surface area (Å²) >= 11 is 0. The molecule has 0 spiro atoms. The van der Waals surface area contributed by atoms with E-state index in [2.05, 4.69) is 17.5 Å². The van der Waals surface area contributed by atoms with Gasteiger partial charge in [-0.15, -0.1) is 0 Å². The molecule has 1 aromatic carbocycles. The number of amides is 1. The lowest BCUT2D eigenvalue weighted by Gasteiger charge is -2.26. The van der Waals surface area contributed by atoms with Crippen molar-refractivity contribution in [2.24, 2.45) is 5.41 Å². The third kappa shape index (κ3) is 4.49. The summed E-state index contributed by atoms with van der Waals surface area (Å²) in [6.45, 7) is 4.15. The van der Waals surface area contributed by atoms with Gasteiger partial charge < -0.3 is 5.32 Å². The molecule has 0 atom stereocenters. The molecular weight excluding hydrogens is 315 g/mol. The van der Waals surface area contributed by atoms with Crippen LogP contribution in [0, 0.1) is 5.41 Å². The van der Waals surface area contributed by atoms with E-state index >= 15 is 0 Å². The van der Waals surface area contributed by atoms with Crippen LogP contribution in [0.2, 0.25) is 0 Å². The van der Waals surface area contributed by atoms with E-state index in [1.807, 2.05) is 19.9 Å². The summed E-state index contributed by atoms with van der Waals surface area (Å²) in [6, 6.07) is 5.04. The highest BCUT2D eigenvalue weighted by atomic mass is 19.4. The van der Waals surface area contributed by atoms with Gasteiger partial charge in [-0.3, -0.25) is 4.79 Å². The molecule has 0 saturated carbocycles. The molecule has 24 heavy (non-hydrogen) atoms. The maximum Gasteiger partial charge on any atom is 0.416 e. The molecule has 2 nitrogen and oxygen atoms in total. The van der Waals surface area contributed by atoms with Crippen LogP contribution < -0.4 is 5.32 Å². The van der Waals surface area contributed by atoms with Crippen molar-refractivity contribution in [3.8, 4) is 0 Å². The van der Waals surface area contributed by atoms with E-state index < -0.39 is 17.2 Å². The van der Waals surface area contributed by atoms with Crippen LogP contribution in [0.3, 0.4) is 0 Å². The normalized spacial score (nSPS) is 15.1. The molecule has 1 aliphatic carbocycles. The second-order valence-electron chi connectivity index (χ2n) is 6.46. The van der Waals surface area contributed by atoms with E-state index in [0.29, 0.717) is 13.0 Å². The highest BCUT2D eigenvalue weighted by Gasteiger charge is 2.31. The zero-order valence-corrected chi connectivity index (χ0v) is 13.9. The largest absolute Gasteiger partial charge is 0.416 e. The number of benzene rings is 1. The second-order valence-corrected chi connectivity index (χ2v) is 6.46. The van der Waals surface area contributed by atoms with Gasteiger partial charge in [0, 0.05) is 6.54 Å². The number of alkyl halides is 3. The summed E-state index contributed by atoms with van der Waals surface area (Å²) in [5.74, 6) is -0.0767. The van der Waals surface area contributed by atoms with E-state index in [0.717, 1.165) is 36.1 Å². The van der Waals surface area contributed by atoms with Crippen LogP contribution >= 0.6 is 0 Å². The Labute approximate surface area is 140 Å². The zero-order valence-electron chi connectivity index (χ0n) is 13.9. The minimum atomic E-state index is -4.32. The van der Waals surface area contributed by atoms with Gasteiger partial charge in [0.05, 0.1) is 11.0 Å². The Kier molecular flexibility index (Phi) is 5.52. The third-order valence-corrected chi connectivity index (χ3v) is 4.26. The summed E-state index contributed by atoms with van der Waals surface area (Å²) < 4.78 is 37.6. The van der Waals surface area contributed by atoms with Gasteiger partial charge in [0.2, 0.25) is 5.91 Å². The minimum Gasteiger partial charge on any atom is -0.355 e. The van der Waals surface area contributed by atoms with Crippen LogP contribution in [0.1, 0.15) is 37.8 Å². The van der Waals surface area contributed by atoms with Crippen LogP contribution in [0.25, 0.3) is 0 Å². The molecule has 0 fully saturated rings. The number of nitrogens with one attached hydrogen (secondary N) is 1. The van der Waals surface area contributed by atoms with E-state index in [4.69, 9.17) is 0 Å². The number of hydrogen-bond acceptors (Lipinski definition) is 1. The number of allylic oxidation sites excluding steroid dienone is 3. The first-order valence-corrected chi connectivity index (χ1v) is 8.03. The van der Waals surface area contributed by atoms with Crippen molar-refractivity contribution in [3.05, 3.63) is 59.2 Å². The van der Waals surface area contributed by atoms with Gasteiger partial charge in [0.25, 0.3) is 0 Å². The Morgan fingerprint density at radius 3 is 2.33 bits per heavy atom. The van der Waals surface area contributed by atoms with Crippen molar-refractivity contribution < 1.29 is 18.0 Å². The highest BCUT2D eigenvalue weighted by molar-refractivity contribution is 5.85. The third-order valence-electron chi connectivity index (χ3n) is 4.26. The Morgan fingerprint density at radius 2 is 1.79 bits per heavy atom. The number of halogens is 3. The van der Waals surface area contributed by atoms with Crippen molar-refractivity contribution in [1.29, 1.82) is 0 Å². The number of rotatable bonds is 5. The van der Waals surface area contributed by atoms with Gasteiger partial charge in [0.1, 0.15) is 0 Å². The topological polar surface area (TPSA) is 29.1 Å². The molecule has 1 amide bonds. The molecule has 0 saturated heterocycles. The molecule has 0 heterocycles.